The average Bonchev–Trinajstić information content (AvgIpc) is 2.69. The Hall–Kier alpha value is -2.04. The van der Waals surface area contributed by atoms with Crippen LogP contribution in [0, 0.1) is 6.92 Å². The second-order valence-corrected chi connectivity index (χ2v) is 4.01. The van der Waals surface area contributed by atoms with Crippen LogP contribution in [0.25, 0.3) is 0 Å². The Bertz CT molecular complexity index is 556. The summed E-state index contributed by atoms with van der Waals surface area (Å²) < 4.78 is 3.56. The number of nitrogens with two attached hydrogens (primary N) is 1. The Morgan fingerprint density at radius 2 is 2.12 bits per heavy atom. The van der Waals surface area contributed by atoms with Gasteiger partial charge >= 0.3 is 0 Å². The SMILES string of the molecule is Cc1cccc(=O)n1CCCn1ccc(N)n1. The van der Waals surface area contributed by atoms with E-state index in [1.807, 2.05) is 19.2 Å². The molecule has 2 aromatic heterocycles. The Balaban J connectivity index is 1.97. The molecule has 0 unspecified atom stereocenters. The molecule has 0 aromatic carbocycles. The molecular weight excluding hydrogens is 216 g/mol. The minimum absolute atomic E-state index is 0.0463. The van der Waals surface area contributed by atoms with Crippen LogP contribution in [0.5, 0.6) is 0 Å². The summed E-state index contributed by atoms with van der Waals surface area (Å²) in [5, 5.41) is 4.09. The summed E-state index contributed by atoms with van der Waals surface area (Å²) in [4.78, 5) is 11.6. The molecule has 0 fully saturated rings. The molecule has 2 rings (SSSR count). The molecule has 0 aliphatic carbocycles. The first-order valence-corrected chi connectivity index (χ1v) is 5.62. The molecule has 17 heavy (non-hydrogen) atoms. The number of pyridine rings is 1. The molecule has 0 bridgehead atoms. The van der Waals surface area contributed by atoms with Crippen molar-refractivity contribution in [2.75, 3.05) is 5.73 Å². The molecule has 0 saturated heterocycles. The van der Waals surface area contributed by atoms with Crippen LogP contribution in [-0.2, 0) is 13.1 Å². The number of rotatable bonds is 4. The minimum atomic E-state index is 0.0463. The lowest BCUT2D eigenvalue weighted by molar-refractivity contribution is 0.515. The second-order valence-electron chi connectivity index (χ2n) is 4.01. The minimum Gasteiger partial charge on any atom is -0.382 e. The van der Waals surface area contributed by atoms with Crippen LogP contribution in [0.1, 0.15) is 12.1 Å². The fourth-order valence-electron chi connectivity index (χ4n) is 1.80. The van der Waals surface area contributed by atoms with Gasteiger partial charge in [-0.2, -0.15) is 5.10 Å². The zero-order chi connectivity index (χ0) is 12.3. The third-order valence-electron chi connectivity index (χ3n) is 2.70. The summed E-state index contributed by atoms with van der Waals surface area (Å²) in [5.41, 5.74) is 6.55. The van der Waals surface area contributed by atoms with Crippen molar-refractivity contribution in [3.8, 4) is 0 Å². The molecule has 0 spiro atoms. The van der Waals surface area contributed by atoms with Crippen LogP contribution in [0.3, 0.4) is 0 Å². The van der Waals surface area contributed by atoms with Crippen LogP contribution < -0.4 is 11.3 Å². The second kappa shape index (κ2) is 4.86. The first-order valence-electron chi connectivity index (χ1n) is 5.62. The van der Waals surface area contributed by atoms with E-state index in [0.29, 0.717) is 12.4 Å². The molecule has 0 radical (unpaired) electrons. The largest absolute Gasteiger partial charge is 0.382 e. The van der Waals surface area contributed by atoms with E-state index < -0.39 is 0 Å². The Morgan fingerprint density at radius 1 is 1.29 bits per heavy atom. The molecule has 0 atom stereocenters. The van der Waals surface area contributed by atoms with Gasteiger partial charge in [0.05, 0.1) is 0 Å². The maximum Gasteiger partial charge on any atom is 0.250 e. The van der Waals surface area contributed by atoms with E-state index in [1.165, 1.54) is 0 Å². The van der Waals surface area contributed by atoms with Crippen molar-refractivity contribution in [2.45, 2.75) is 26.4 Å². The zero-order valence-electron chi connectivity index (χ0n) is 9.84. The molecule has 5 nitrogen and oxygen atoms in total. The van der Waals surface area contributed by atoms with Crippen LogP contribution >= 0.6 is 0 Å². The van der Waals surface area contributed by atoms with Crippen molar-refractivity contribution in [1.29, 1.82) is 0 Å². The van der Waals surface area contributed by atoms with Gasteiger partial charge in [0, 0.05) is 31.0 Å². The van der Waals surface area contributed by atoms with Crippen LogP contribution in [0.2, 0.25) is 0 Å². The van der Waals surface area contributed by atoms with Gasteiger partial charge in [0.25, 0.3) is 5.56 Å². The first-order chi connectivity index (χ1) is 8.16. The van der Waals surface area contributed by atoms with Crippen molar-refractivity contribution in [3.05, 3.63) is 46.5 Å². The Morgan fingerprint density at radius 3 is 2.76 bits per heavy atom. The lowest BCUT2D eigenvalue weighted by atomic mass is 10.3. The highest BCUT2D eigenvalue weighted by Gasteiger charge is 2.00. The van der Waals surface area contributed by atoms with Gasteiger partial charge in [0.1, 0.15) is 5.82 Å². The number of nitrogens with zero attached hydrogens (tertiary/aromatic N) is 3. The van der Waals surface area contributed by atoms with Crippen molar-refractivity contribution < 1.29 is 0 Å². The number of hydrogen-bond donors (Lipinski definition) is 1. The summed E-state index contributed by atoms with van der Waals surface area (Å²) in [5.74, 6) is 0.526. The maximum absolute atomic E-state index is 11.6. The van der Waals surface area contributed by atoms with Crippen molar-refractivity contribution in [1.82, 2.24) is 14.3 Å². The zero-order valence-corrected chi connectivity index (χ0v) is 9.84. The van der Waals surface area contributed by atoms with Crippen LogP contribution in [-0.4, -0.2) is 14.3 Å². The highest BCUT2D eigenvalue weighted by molar-refractivity contribution is 5.23. The van der Waals surface area contributed by atoms with Gasteiger partial charge in [0.2, 0.25) is 0 Å². The van der Waals surface area contributed by atoms with E-state index in [2.05, 4.69) is 5.10 Å². The molecule has 0 amide bonds. The normalized spacial score (nSPS) is 10.6. The van der Waals surface area contributed by atoms with Gasteiger partial charge in [-0.1, -0.05) is 6.07 Å². The topological polar surface area (TPSA) is 65.8 Å². The standard InChI is InChI=1S/C12H16N4O/c1-10-4-2-5-12(17)16(10)8-3-7-15-9-6-11(13)14-15/h2,4-6,9H,3,7-8H2,1H3,(H2,13,14). The summed E-state index contributed by atoms with van der Waals surface area (Å²) in [6, 6.07) is 7.06. The molecule has 2 N–H and O–H groups in total. The van der Waals surface area contributed by atoms with Gasteiger partial charge in [-0.3, -0.25) is 9.48 Å². The third-order valence-corrected chi connectivity index (χ3v) is 2.70. The van der Waals surface area contributed by atoms with Crippen molar-refractivity contribution in [2.24, 2.45) is 0 Å². The average molecular weight is 232 g/mol. The lowest BCUT2D eigenvalue weighted by Crippen LogP contribution is -2.21. The molecule has 5 heteroatoms. The molecular formula is C12H16N4O. The summed E-state index contributed by atoms with van der Waals surface area (Å²) in [7, 11) is 0. The van der Waals surface area contributed by atoms with Crippen LogP contribution in [0.4, 0.5) is 5.82 Å². The summed E-state index contributed by atoms with van der Waals surface area (Å²) in [6.07, 6.45) is 2.70. The molecule has 2 aromatic rings. The van der Waals surface area contributed by atoms with Gasteiger partial charge in [-0.15, -0.1) is 0 Å². The fourth-order valence-corrected chi connectivity index (χ4v) is 1.80. The summed E-state index contributed by atoms with van der Waals surface area (Å²) >= 11 is 0. The number of aryl methyl sites for hydroxylation is 2. The maximum atomic E-state index is 11.6. The predicted octanol–water partition coefficient (Wildman–Crippen LogP) is 1.03. The van der Waals surface area contributed by atoms with E-state index in [-0.39, 0.29) is 5.56 Å². The highest BCUT2D eigenvalue weighted by Crippen LogP contribution is 2.00. The lowest BCUT2D eigenvalue weighted by Gasteiger charge is -2.08. The van der Waals surface area contributed by atoms with Crippen molar-refractivity contribution >= 4 is 5.82 Å². The number of nitrogen functional groups attached to an aromatic ring is 1. The fraction of sp³-hybridized carbons (Fsp3) is 0.333. The van der Waals surface area contributed by atoms with Crippen LogP contribution in [0.15, 0.2) is 35.3 Å². The van der Waals surface area contributed by atoms with Gasteiger partial charge in [-0.25, -0.2) is 0 Å². The number of anilines is 1. The van der Waals surface area contributed by atoms with E-state index in [1.54, 1.807) is 27.4 Å². The Kier molecular flexibility index (Phi) is 3.27. The van der Waals surface area contributed by atoms with Gasteiger partial charge in [-0.05, 0) is 25.5 Å². The quantitative estimate of drug-likeness (QED) is 0.856. The molecule has 0 saturated carbocycles. The van der Waals surface area contributed by atoms with Crippen molar-refractivity contribution in [3.63, 3.8) is 0 Å². The van der Waals surface area contributed by atoms with E-state index in [9.17, 15) is 4.79 Å². The van der Waals surface area contributed by atoms with E-state index in [4.69, 9.17) is 5.73 Å². The van der Waals surface area contributed by atoms with Gasteiger partial charge < -0.3 is 10.3 Å². The summed E-state index contributed by atoms with van der Waals surface area (Å²) in [6.45, 7) is 3.40. The monoisotopic (exact) mass is 232 g/mol. The third kappa shape index (κ3) is 2.75. The molecule has 90 valence electrons. The molecule has 0 aliphatic heterocycles. The highest BCUT2D eigenvalue weighted by atomic mass is 16.1. The van der Waals surface area contributed by atoms with E-state index >= 15 is 0 Å². The molecule has 0 aliphatic rings. The van der Waals surface area contributed by atoms with E-state index in [0.717, 1.165) is 18.7 Å². The Labute approximate surface area is 99.5 Å². The number of aromatic nitrogens is 3. The molecule has 2 heterocycles. The van der Waals surface area contributed by atoms with Gasteiger partial charge in [0.15, 0.2) is 0 Å². The predicted molar refractivity (Wildman–Crippen MR) is 66.7 cm³/mol. The smallest absolute Gasteiger partial charge is 0.250 e. The first kappa shape index (κ1) is 11.4. The number of hydrogen-bond acceptors (Lipinski definition) is 3.